The standard InChI is InChI=1S/C25H15ClN8OS2/c1-36-23-19(13-27)22(14-3-2-4-15(26)11-14)34-25(29-23)30-24(31-34)28-16-5-7-17(8-6-16)35-18-9-10-20-21(12-18)33-37-32-20/h2-12H,1H3,(H,28,31). The number of hydrogen-bond donors (Lipinski definition) is 1. The van der Waals surface area contributed by atoms with Crippen LogP contribution < -0.4 is 10.1 Å². The monoisotopic (exact) mass is 542 g/mol. The molecule has 9 nitrogen and oxygen atoms in total. The summed E-state index contributed by atoms with van der Waals surface area (Å²) in [6.07, 6.45) is 1.87. The van der Waals surface area contributed by atoms with Crippen LogP contribution in [0.4, 0.5) is 11.6 Å². The number of fused-ring (bicyclic) bond motifs is 2. The van der Waals surface area contributed by atoms with Gasteiger partial charge in [-0.25, -0.2) is 4.98 Å². The molecule has 0 aliphatic heterocycles. The molecular weight excluding hydrogens is 528 g/mol. The Balaban J connectivity index is 1.30. The van der Waals surface area contributed by atoms with Gasteiger partial charge in [-0.15, -0.1) is 16.9 Å². The lowest BCUT2D eigenvalue weighted by Crippen LogP contribution is -2.03. The summed E-state index contributed by atoms with van der Waals surface area (Å²) in [7, 11) is 0. The summed E-state index contributed by atoms with van der Waals surface area (Å²) in [4.78, 5) is 9.09. The van der Waals surface area contributed by atoms with Crippen molar-refractivity contribution in [3.8, 4) is 28.8 Å². The number of nitrogens with one attached hydrogen (secondary N) is 1. The molecule has 3 aromatic heterocycles. The van der Waals surface area contributed by atoms with Gasteiger partial charge in [-0.3, -0.25) is 0 Å². The van der Waals surface area contributed by atoms with Crippen LogP contribution in [0.15, 0.2) is 71.8 Å². The maximum Gasteiger partial charge on any atom is 0.255 e. The van der Waals surface area contributed by atoms with E-state index < -0.39 is 0 Å². The molecule has 180 valence electrons. The van der Waals surface area contributed by atoms with Crippen molar-refractivity contribution in [2.75, 3.05) is 11.6 Å². The second-order valence-electron chi connectivity index (χ2n) is 7.78. The summed E-state index contributed by atoms with van der Waals surface area (Å²) in [5.74, 6) is 2.06. The number of nitrogens with zero attached hydrogens (tertiary/aromatic N) is 7. The fraction of sp³-hybridized carbons (Fsp3) is 0.0400. The molecule has 12 heteroatoms. The molecule has 1 N–H and O–H groups in total. The van der Waals surface area contributed by atoms with E-state index in [0.717, 1.165) is 22.3 Å². The lowest BCUT2D eigenvalue weighted by atomic mass is 10.1. The van der Waals surface area contributed by atoms with E-state index in [1.54, 1.807) is 16.6 Å². The summed E-state index contributed by atoms with van der Waals surface area (Å²) < 4.78 is 16.0. The third-order valence-electron chi connectivity index (χ3n) is 5.43. The zero-order valence-electron chi connectivity index (χ0n) is 19.1. The molecule has 0 radical (unpaired) electrons. The van der Waals surface area contributed by atoms with Crippen LogP contribution in [0.5, 0.6) is 11.5 Å². The topological polar surface area (TPSA) is 114 Å². The smallest absolute Gasteiger partial charge is 0.255 e. The number of rotatable bonds is 6. The van der Waals surface area contributed by atoms with Crippen LogP contribution in [-0.2, 0) is 0 Å². The number of benzene rings is 3. The number of thioether (sulfide) groups is 1. The van der Waals surface area contributed by atoms with Crippen LogP contribution in [0, 0.1) is 11.3 Å². The quantitative estimate of drug-likeness (QED) is 0.184. The van der Waals surface area contributed by atoms with Gasteiger partial charge in [0, 0.05) is 22.3 Å². The van der Waals surface area contributed by atoms with Crippen LogP contribution in [0.2, 0.25) is 5.02 Å². The molecular formula is C25H15ClN8OS2. The first-order valence-corrected chi connectivity index (χ1v) is 13.2. The molecule has 3 heterocycles. The fourth-order valence-corrected chi connectivity index (χ4v) is 5.01. The van der Waals surface area contributed by atoms with Gasteiger partial charge in [0.15, 0.2) is 0 Å². The van der Waals surface area contributed by atoms with E-state index in [0.29, 0.717) is 44.5 Å². The van der Waals surface area contributed by atoms with Crippen molar-refractivity contribution in [2.45, 2.75) is 5.03 Å². The Kier molecular flexibility index (Phi) is 6.05. The zero-order chi connectivity index (χ0) is 25.4. The molecule has 0 saturated heterocycles. The Morgan fingerprint density at radius 3 is 2.59 bits per heavy atom. The van der Waals surface area contributed by atoms with Gasteiger partial charge in [0.1, 0.15) is 39.2 Å². The van der Waals surface area contributed by atoms with Gasteiger partial charge in [0.05, 0.1) is 17.4 Å². The van der Waals surface area contributed by atoms with E-state index >= 15 is 0 Å². The third-order valence-corrected chi connectivity index (χ3v) is 6.90. The van der Waals surface area contributed by atoms with Crippen molar-refractivity contribution >= 4 is 63.5 Å². The van der Waals surface area contributed by atoms with Crippen LogP contribution in [0.25, 0.3) is 28.1 Å². The first-order valence-electron chi connectivity index (χ1n) is 10.9. The number of halogens is 1. The van der Waals surface area contributed by atoms with E-state index in [-0.39, 0.29) is 0 Å². The van der Waals surface area contributed by atoms with E-state index in [2.05, 4.69) is 35.2 Å². The number of aromatic nitrogens is 6. The summed E-state index contributed by atoms with van der Waals surface area (Å²) in [6.45, 7) is 0. The minimum absolute atomic E-state index is 0.341. The molecule has 0 aliphatic carbocycles. The van der Waals surface area contributed by atoms with Gasteiger partial charge in [0.25, 0.3) is 5.78 Å². The number of anilines is 2. The second kappa shape index (κ2) is 9.67. The predicted octanol–water partition coefficient (Wildman–Crippen LogP) is 6.58. The van der Waals surface area contributed by atoms with Crippen LogP contribution >= 0.6 is 35.1 Å². The van der Waals surface area contributed by atoms with Gasteiger partial charge < -0.3 is 10.1 Å². The first-order chi connectivity index (χ1) is 18.1. The Labute approximate surface area is 224 Å². The molecule has 0 spiro atoms. The Morgan fingerprint density at radius 1 is 1.00 bits per heavy atom. The summed E-state index contributed by atoms with van der Waals surface area (Å²) in [5, 5.41) is 18.8. The van der Waals surface area contributed by atoms with E-state index in [1.807, 2.05) is 60.9 Å². The molecule has 0 aliphatic rings. The van der Waals surface area contributed by atoms with Gasteiger partial charge in [-0.1, -0.05) is 23.7 Å². The van der Waals surface area contributed by atoms with Gasteiger partial charge >= 0.3 is 0 Å². The molecule has 0 unspecified atom stereocenters. The maximum absolute atomic E-state index is 9.90. The molecule has 0 bridgehead atoms. The molecule has 6 rings (SSSR count). The molecule has 0 atom stereocenters. The van der Waals surface area contributed by atoms with Crippen LogP contribution in [0.3, 0.4) is 0 Å². The van der Waals surface area contributed by atoms with Gasteiger partial charge in [0.2, 0.25) is 5.95 Å². The van der Waals surface area contributed by atoms with Crippen molar-refractivity contribution in [3.05, 3.63) is 77.3 Å². The van der Waals surface area contributed by atoms with Crippen molar-refractivity contribution in [1.29, 1.82) is 5.26 Å². The minimum Gasteiger partial charge on any atom is -0.457 e. The van der Waals surface area contributed by atoms with Gasteiger partial charge in [-0.05, 0) is 54.8 Å². The maximum atomic E-state index is 9.90. The summed E-state index contributed by atoms with van der Waals surface area (Å²) in [5.41, 5.74) is 4.14. The highest BCUT2D eigenvalue weighted by atomic mass is 35.5. The largest absolute Gasteiger partial charge is 0.457 e. The lowest BCUT2D eigenvalue weighted by Gasteiger charge is -2.09. The molecule has 37 heavy (non-hydrogen) atoms. The highest BCUT2D eigenvalue weighted by Crippen LogP contribution is 2.32. The van der Waals surface area contributed by atoms with Gasteiger partial charge in [-0.2, -0.15) is 23.5 Å². The lowest BCUT2D eigenvalue weighted by molar-refractivity contribution is 0.483. The first kappa shape index (κ1) is 23.2. The van der Waals surface area contributed by atoms with Crippen molar-refractivity contribution in [1.82, 2.24) is 28.3 Å². The summed E-state index contributed by atoms with van der Waals surface area (Å²) in [6, 6.07) is 22.5. The van der Waals surface area contributed by atoms with Crippen molar-refractivity contribution in [3.63, 3.8) is 0 Å². The van der Waals surface area contributed by atoms with Crippen LogP contribution in [0.1, 0.15) is 5.56 Å². The Morgan fingerprint density at radius 2 is 1.81 bits per heavy atom. The number of nitriles is 1. The van der Waals surface area contributed by atoms with Crippen LogP contribution in [-0.4, -0.2) is 34.6 Å². The SMILES string of the molecule is CSc1nc2nc(Nc3ccc(Oc4ccc5nsnc5c4)cc3)nn2c(-c2cccc(Cl)c2)c1C#N. The molecule has 0 amide bonds. The molecule has 0 fully saturated rings. The average Bonchev–Trinajstić information content (AvgIpc) is 3.54. The predicted molar refractivity (Wildman–Crippen MR) is 145 cm³/mol. The Hall–Kier alpha value is -4.24. The molecule has 0 saturated carbocycles. The minimum atomic E-state index is 0.341. The highest BCUT2D eigenvalue weighted by molar-refractivity contribution is 7.98. The zero-order valence-corrected chi connectivity index (χ0v) is 21.5. The normalized spacial score (nSPS) is 11.1. The molecule has 3 aromatic carbocycles. The number of ether oxygens (including phenoxy) is 1. The van der Waals surface area contributed by atoms with Crippen molar-refractivity contribution < 1.29 is 4.74 Å². The fourth-order valence-electron chi connectivity index (χ4n) is 3.78. The second-order valence-corrected chi connectivity index (χ2v) is 9.54. The summed E-state index contributed by atoms with van der Waals surface area (Å²) >= 11 is 8.78. The van der Waals surface area contributed by atoms with Crippen molar-refractivity contribution in [2.24, 2.45) is 0 Å². The highest BCUT2D eigenvalue weighted by Gasteiger charge is 2.20. The van der Waals surface area contributed by atoms with E-state index in [4.69, 9.17) is 16.3 Å². The Bertz CT molecular complexity index is 1810. The van der Waals surface area contributed by atoms with E-state index in [1.165, 1.54) is 23.5 Å². The number of hydrogen-bond acceptors (Lipinski definition) is 10. The third kappa shape index (κ3) is 4.53. The average molecular weight is 543 g/mol. The molecule has 6 aromatic rings. The van der Waals surface area contributed by atoms with E-state index in [9.17, 15) is 5.26 Å².